The van der Waals surface area contributed by atoms with Gasteiger partial charge in [0.15, 0.2) is 0 Å². The standard InChI is InChI=1S/C18H25NO2S/c1-21-16-5-3-10-18(16)11-4-12-19(13-18)17(20)14-6-8-15(22-2)9-7-14/h6-9,16H,3-5,10-13H2,1-2H3/t16-,18-/m1/s1. The van der Waals surface area contributed by atoms with Crippen LogP contribution in [0, 0.1) is 5.41 Å². The fourth-order valence-corrected chi connectivity index (χ4v) is 4.60. The summed E-state index contributed by atoms with van der Waals surface area (Å²) in [5.41, 5.74) is 1.00. The Hall–Kier alpha value is -1.00. The molecular weight excluding hydrogens is 294 g/mol. The first-order valence-electron chi connectivity index (χ1n) is 8.15. The van der Waals surface area contributed by atoms with Gasteiger partial charge in [-0.15, -0.1) is 11.8 Å². The van der Waals surface area contributed by atoms with E-state index >= 15 is 0 Å². The van der Waals surface area contributed by atoms with Gasteiger partial charge in [0.1, 0.15) is 0 Å². The molecule has 1 amide bonds. The summed E-state index contributed by atoms with van der Waals surface area (Å²) in [6.07, 6.45) is 8.22. The van der Waals surface area contributed by atoms with Crippen molar-refractivity contribution in [3.05, 3.63) is 29.8 Å². The minimum absolute atomic E-state index is 0.175. The van der Waals surface area contributed by atoms with E-state index in [0.29, 0.717) is 6.10 Å². The van der Waals surface area contributed by atoms with E-state index in [9.17, 15) is 4.79 Å². The van der Waals surface area contributed by atoms with Gasteiger partial charge in [-0.1, -0.05) is 6.42 Å². The largest absolute Gasteiger partial charge is 0.381 e. The average molecular weight is 319 g/mol. The van der Waals surface area contributed by atoms with Crippen LogP contribution in [0.4, 0.5) is 0 Å². The average Bonchev–Trinajstić information content (AvgIpc) is 2.96. The molecule has 2 atom stereocenters. The Kier molecular flexibility index (Phi) is 4.79. The number of thioether (sulfide) groups is 1. The number of ether oxygens (including phenoxy) is 1. The van der Waals surface area contributed by atoms with Crippen LogP contribution in [-0.2, 0) is 4.74 Å². The highest BCUT2D eigenvalue weighted by Crippen LogP contribution is 2.46. The minimum Gasteiger partial charge on any atom is -0.381 e. The molecule has 0 bridgehead atoms. The van der Waals surface area contributed by atoms with E-state index in [1.807, 2.05) is 31.4 Å². The third-order valence-electron chi connectivity index (χ3n) is 5.34. The second-order valence-electron chi connectivity index (χ2n) is 6.54. The van der Waals surface area contributed by atoms with Gasteiger partial charge in [0.05, 0.1) is 6.10 Å². The molecule has 2 fully saturated rings. The topological polar surface area (TPSA) is 29.5 Å². The zero-order valence-electron chi connectivity index (χ0n) is 13.5. The molecular formula is C18H25NO2S. The van der Waals surface area contributed by atoms with Crippen LogP contribution in [0.1, 0.15) is 42.5 Å². The predicted octanol–water partition coefficient (Wildman–Crippen LogP) is 3.83. The Balaban J connectivity index is 1.75. The van der Waals surface area contributed by atoms with Gasteiger partial charge in [0, 0.05) is 36.1 Å². The van der Waals surface area contributed by atoms with Gasteiger partial charge >= 0.3 is 0 Å². The van der Waals surface area contributed by atoms with Gasteiger partial charge in [0.25, 0.3) is 5.91 Å². The fourth-order valence-electron chi connectivity index (χ4n) is 4.19. The molecule has 0 radical (unpaired) electrons. The molecule has 1 aliphatic heterocycles. The first-order valence-corrected chi connectivity index (χ1v) is 9.37. The Morgan fingerprint density at radius 1 is 1.27 bits per heavy atom. The SMILES string of the molecule is CO[C@@H]1CCC[C@]12CCCN(C(=O)c1ccc(SC)cc1)C2. The number of hydrogen-bond donors (Lipinski definition) is 0. The molecule has 1 saturated heterocycles. The van der Waals surface area contributed by atoms with Crippen molar-refractivity contribution in [2.45, 2.75) is 43.1 Å². The summed E-state index contributed by atoms with van der Waals surface area (Å²) in [6.45, 7) is 1.73. The van der Waals surface area contributed by atoms with Crippen molar-refractivity contribution in [2.24, 2.45) is 5.41 Å². The Bertz CT molecular complexity index is 530. The van der Waals surface area contributed by atoms with Crippen molar-refractivity contribution in [2.75, 3.05) is 26.5 Å². The van der Waals surface area contributed by atoms with Crippen molar-refractivity contribution >= 4 is 17.7 Å². The number of carbonyl (C=O) groups excluding carboxylic acids is 1. The van der Waals surface area contributed by atoms with Crippen LogP contribution in [0.25, 0.3) is 0 Å². The Labute approximate surface area is 137 Å². The van der Waals surface area contributed by atoms with Crippen LogP contribution in [-0.4, -0.2) is 43.4 Å². The van der Waals surface area contributed by atoms with Gasteiger partial charge in [-0.3, -0.25) is 4.79 Å². The summed E-state index contributed by atoms with van der Waals surface area (Å²) in [5.74, 6) is 0.175. The van der Waals surface area contributed by atoms with Gasteiger partial charge in [0.2, 0.25) is 0 Å². The van der Waals surface area contributed by atoms with Crippen molar-refractivity contribution in [3.8, 4) is 0 Å². The molecule has 1 aromatic carbocycles. The number of benzene rings is 1. The molecule has 120 valence electrons. The molecule has 1 aliphatic carbocycles. The molecule has 0 unspecified atom stereocenters. The van der Waals surface area contributed by atoms with E-state index in [2.05, 4.69) is 11.2 Å². The molecule has 2 aliphatic rings. The second kappa shape index (κ2) is 6.63. The summed E-state index contributed by atoms with van der Waals surface area (Å²) in [6, 6.07) is 7.98. The summed E-state index contributed by atoms with van der Waals surface area (Å²) in [4.78, 5) is 16.1. The van der Waals surface area contributed by atoms with E-state index in [1.54, 1.807) is 11.8 Å². The molecule has 0 N–H and O–H groups in total. The smallest absolute Gasteiger partial charge is 0.253 e. The molecule has 1 heterocycles. The zero-order valence-corrected chi connectivity index (χ0v) is 14.3. The monoisotopic (exact) mass is 319 g/mol. The number of carbonyl (C=O) groups is 1. The molecule has 4 heteroatoms. The number of likely N-dealkylation sites (tertiary alicyclic amines) is 1. The number of methoxy groups -OCH3 is 1. The number of hydrogen-bond acceptors (Lipinski definition) is 3. The summed E-state index contributed by atoms with van der Waals surface area (Å²) >= 11 is 1.70. The highest BCUT2D eigenvalue weighted by atomic mass is 32.2. The fraction of sp³-hybridized carbons (Fsp3) is 0.611. The summed E-state index contributed by atoms with van der Waals surface area (Å²) in [7, 11) is 1.82. The van der Waals surface area contributed by atoms with Gasteiger partial charge in [-0.05, 0) is 56.2 Å². The summed E-state index contributed by atoms with van der Waals surface area (Å²) < 4.78 is 5.73. The third kappa shape index (κ3) is 2.91. The first-order chi connectivity index (χ1) is 10.7. The van der Waals surface area contributed by atoms with E-state index in [-0.39, 0.29) is 11.3 Å². The normalized spacial score (nSPS) is 28.3. The molecule has 22 heavy (non-hydrogen) atoms. The lowest BCUT2D eigenvalue weighted by molar-refractivity contribution is -0.0295. The lowest BCUT2D eigenvalue weighted by Gasteiger charge is -2.43. The summed E-state index contributed by atoms with van der Waals surface area (Å²) in [5, 5.41) is 0. The molecule has 1 aromatic rings. The first kappa shape index (κ1) is 15.9. The van der Waals surface area contributed by atoms with E-state index in [1.165, 1.54) is 24.2 Å². The maximum Gasteiger partial charge on any atom is 0.253 e. The third-order valence-corrected chi connectivity index (χ3v) is 6.08. The molecule has 1 spiro atoms. The minimum atomic E-state index is 0.175. The van der Waals surface area contributed by atoms with Gasteiger partial charge in [-0.25, -0.2) is 0 Å². The maximum atomic E-state index is 12.8. The highest BCUT2D eigenvalue weighted by Gasteiger charge is 2.46. The van der Waals surface area contributed by atoms with Gasteiger partial charge in [-0.2, -0.15) is 0 Å². The van der Waals surface area contributed by atoms with Crippen LogP contribution < -0.4 is 0 Å². The molecule has 3 rings (SSSR count). The Morgan fingerprint density at radius 3 is 2.68 bits per heavy atom. The van der Waals surface area contributed by atoms with Gasteiger partial charge < -0.3 is 9.64 Å². The highest BCUT2D eigenvalue weighted by molar-refractivity contribution is 7.98. The number of nitrogens with zero attached hydrogens (tertiary/aromatic N) is 1. The van der Waals surface area contributed by atoms with Crippen molar-refractivity contribution < 1.29 is 9.53 Å². The zero-order chi connectivity index (χ0) is 15.6. The van der Waals surface area contributed by atoms with E-state index in [0.717, 1.165) is 31.5 Å². The number of piperidine rings is 1. The van der Waals surface area contributed by atoms with Crippen molar-refractivity contribution in [3.63, 3.8) is 0 Å². The van der Waals surface area contributed by atoms with Crippen LogP contribution in [0.2, 0.25) is 0 Å². The maximum absolute atomic E-state index is 12.8. The molecule has 0 aromatic heterocycles. The molecule has 1 saturated carbocycles. The van der Waals surface area contributed by atoms with Crippen LogP contribution in [0.3, 0.4) is 0 Å². The van der Waals surface area contributed by atoms with E-state index < -0.39 is 0 Å². The number of amides is 1. The predicted molar refractivity (Wildman–Crippen MR) is 90.4 cm³/mol. The lowest BCUT2D eigenvalue weighted by atomic mass is 9.76. The Morgan fingerprint density at radius 2 is 2.00 bits per heavy atom. The lowest BCUT2D eigenvalue weighted by Crippen LogP contribution is -2.49. The number of rotatable bonds is 3. The van der Waals surface area contributed by atoms with Crippen molar-refractivity contribution in [1.29, 1.82) is 0 Å². The quantitative estimate of drug-likeness (QED) is 0.793. The molecule has 3 nitrogen and oxygen atoms in total. The van der Waals surface area contributed by atoms with Crippen LogP contribution in [0.5, 0.6) is 0 Å². The van der Waals surface area contributed by atoms with Crippen molar-refractivity contribution in [1.82, 2.24) is 4.90 Å². The van der Waals surface area contributed by atoms with Crippen LogP contribution in [0.15, 0.2) is 29.2 Å². The second-order valence-corrected chi connectivity index (χ2v) is 7.42. The van der Waals surface area contributed by atoms with E-state index in [4.69, 9.17) is 4.74 Å². The van der Waals surface area contributed by atoms with Crippen LogP contribution >= 0.6 is 11.8 Å².